The molecule has 2 amide bonds. The maximum atomic E-state index is 12.6. The normalized spacial score (nSPS) is 15.5. The predicted molar refractivity (Wildman–Crippen MR) is 131 cm³/mol. The molecule has 3 rings (SSSR count). The van der Waals surface area contributed by atoms with Gasteiger partial charge in [-0.2, -0.15) is 0 Å². The van der Waals surface area contributed by atoms with Gasteiger partial charge in [0, 0.05) is 26.1 Å². The number of nitrogens with zero attached hydrogens (tertiary/aromatic N) is 1. The Morgan fingerprint density at radius 2 is 1.88 bits per heavy atom. The summed E-state index contributed by atoms with van der Waals surface area (Å²) >= 11 is 0. The number of anilines is 2. The number of nitrogens with one attached hydrogen (secondary N) is 2. The highest BCUT2D eigenvalue weighted by atomic mass is 32.2. The summed E-state index contributed by atoms with van der Waals surface area (Å²) in [7, 11) is -1.99. The second-order valence-corrected chi connectivity index (χ2v) is 9.98. The Labute approximate surface area is 200 Å². The van der Waals surface area contributed by atoms with Gasteiger partial charge in [0.15, 0.2) is 0 Å². The van der Waals surface area contributed by atoms with E-state index >= 15 is 0 Å². The van der Waals surface area contributed by atoms with Crippen molar-refractivity contribution in [1.29, 1.82) is 0 Å². The Kier molecular flexibility index (Phi) is 8.89. The number of ether oxygens (including phenoxy) is 2. The van der Waals surface area contributed by atoms with Gasteiger partial charge in [-0.1, -0.05) is 12.1 Å². The highest BCUT2D eigenvalue weighted by molar-refractivity contribution is 7.92. The molecule has 9 nitrogen and oxygen atoms in total. The Morgan fingerprint density at radius 3 is 2.53 bits per heavy atom. The Hall–Kier alpha value is -3.11. The quantitative estimate of drug-likeness (QED) is 0.502. The van der Waals surface area contributed by atoms with Crippen molar-refractivity contribution in [3.8, 4) is 5.75 Å². The lowest BCUT2D eigenvalue weighted by Crippen LogP contribution is -2.32. The van der Waals surface area contributed by atoms with Gasteiger partial charge in [0.1, 0.15) is 5.75 Å². The number of carbonyl (C=O) groups is 2. The number of benzene rings is 2. The maximum Gasteiger partial charge on any atom is 0.253 e. The molecule has 1 heterocycles. The summed E-state index contributed by atoms with van der Waals surface area (Å²) in [5.74, 6) is 0.0340. The summed E-state index contributed by atoms with van der Waals surface area (Å²) < 4.78 is 36.4. The average molecular weight is 490 g/mol. The molecule has 0 bridgehead atoms. The maximum absolute atomic E-state index is 12.6. The van der Waals surface area contributed by atoms with E-state index in [0.717, 1.165) is 19.1 Å². The second kappa shape index (κ2) is 11.8. The van der Waals surface area contributed by atoms with Crippen molar-refractivity contribution >= 4 is 33.2 Å². The number of rotatable bonds is 11. The van der Waals surface area contributed by atoms with Gasteiger partial charge in [-0.15, -0.1) is 0 Å². The number of sulfonamides is 1. The number of amides is 2. The van der Waals surface area contributed by atoms with Gasteiger partial charge in [0.2, 0.25) is 15.9 Å². The first-order valence-corrected chi connectivity index (χ1v) is 13.0. The minimum Gasteiger partial charge on any atom is -0.497 e. The molecule has 0 unspecified atom stereocenters. The summed E-state index contributed by atoms with van der Waals surface area (Å²) in [6, 6.07) is 13.5. The second-order valence-electron chi connectivity index (χ2n) is 8.08. The number of para-hydroxylation sites is 1. The molecule has 0 saturated carbocycles. The van der Waals surface area contributed by atoms with Crippen molar-refractivity contribution < 1.29 is 27.5 Å². The summed E-state index contributed by atoms with van der Waals surface area (Å²) in [6.07, 6.45) is 3.45. The van der Waals surface area contributed by atoms with E-state index in [4.69, 9.17) is 9.47 Å². The zero-order chi connectivity index (χ0) is 24.6. The zero-order valence-electron chi connectivity index (χ0n) is 19.5. The van der Waals surface area contributed by atoms with Crippen LogP contribution in [0.15, 0.2) is 48.5 Å². The van der Waals surface area contributed by atoms with Gasteiger partial charge >= 0.3 is 0 Å². The van der Waals surface area contributed by atoms with Crippen LogP contribution in [0.3, 0.4) is 0 Å². The van der Waals surface area contributed by atoms with Gasteiger partial charge in [-0.05, 0) is 55.7 Å². The van der Waals surface area contributed by atoms with Crippen molar-refractivity contribution in [2.45, 2.75) is 31.8 Å². The third-order valence-electron chi connectivity index (χ3n) is 5.49. The van der Waals surface area contributed by atoms with Crippen molar-refractivity contribution in [1.82, 2.24) is 5.32 Å². The molecule has 34 heavy (non-hydrogen) atoms. The van der Waals surface area contributed by atoms with Crippen LogP contribution in [0.4, 0.5) is 11.4 Å². The molecule has 2 N–H and O–H groups in total. The van der Waals surface area contributed by atoms with Gasteiger partial charge in [0.05, 0.1) is 36.4 Å². The summed E-state index contributed by atoms with van der Waals surface area (Å²) in [5, 5.41) is 5.63. The van der Waals surface area contributed by atoms with Crippen LogP contribution in [0.1, 0.15) is 36.0 Å². The van der Waals surface area contributed by atoms with Crippen molar-refractivity contribution in [3.05, 3.63) is 54.1 Å². The van der Waals surface area contributed by atoms with Crippen LogP contribution in [-0.2, 0) is 19.6 Å². The van der Waals surface area contributed by atoms with E-state index < -0.39 is 10.0 Å². The monoisotopic (exact) mass is 489 g/mol. The topological polar surface area (TPSA) is 114 Å². The predicted octanol–water partition coefficient (Wildman–Crippen LogP) is 2.79. The molecule has 2 aromatic carbocycles. The lowest BCUT2D eigenvalue weighted by molar-refractivity contribution is -0.116. The minimum atomic E-state index is -3.53. The largest absolute Gasteiger partial charge is 0.497 e. The van der Waals surface area contributed by atoms with Crippen LogP contribution >= 0.6 is 0 Å². The van der Waals surface area contributed by atoms with Crippen molar-refractivity contribution in [2.75, 3.05) is 42.7 Å². The lowest BCUT2D eigenvalue weighted by Gasteiger charge is -2.22. The van der Waals surface area contributed by atoms with Crippen LogP contribution in [-0.4, -0.2) is 59.4 Å². The lowest BCUT2D eigenvalue weighted by atomic mass is 10.1. The highest BCUT2D eigenvalue weighted by Crippen LogP contribution is 2.22. The zero-order valence-corrected chi connectivity index (χ0v) is 20.3. The van der Waals surface area contributed by atoms with E-state index in [-0.39, 0.29) is 30.9 Å². The van der Waals surface area contributed by atoms with E-state index in [0.29, 0.717) is 42.3 Å². The van der Waals surface area contributed by atoms with E-state index in [9.17, 15) is 18.0 Å². The van der Waals surface area contributed by atoms with Crippen LogP contribution < -0.4 is 19.7 Å². The van der Waals surface area contributed by atoms with Crippen LogP contribution in [0.2, 0.25) is 0 Å². The molecular weight excluding hydrogens is 458 g/mol. The first kappa shape index (κ1) is 25.5. The number of methoxy groups -OCH3 is 1. The fourth-order valence-corrected chi connectivity index (χ4v) is 4.69. The third-order valence-corrected chi connectivity index (χ3v) is 6.68. The molecule has 184 valence electrons. The first-order valence-electron chi connectivity index (χ1n) is 11.2. The fraction of sp³-hybridized carbons (Fsp3) is 0.417. The summed E-state index contributed by atoms with van der Waals surface area (Å²) in [6.45, 7) is 1.28. The van der Waals surface area contributed by atoms with E-state index in [1.165, 1.54) is 11.4 Å². The molecular formula is C24H31N3O6S. The molecule has 0 spiro atoms. The summed E-state index contributed by atoms with van der Waals surface area (Å²) in [4.78, 5) is 25.2. The van der Waals surface area contributed by atoms with E-state index in [1.807, 2.05) is 0 Å². The first-order chi connectivity index (χ1) is 16.3. The van der Waals surface area contributed by atoms with Crippen LogP contribution in [0.5, 0.6) is 5.75 Å². The Balaban J connectivity index is 1.56. The van der Waals surface area contributed by atoms with Crippen LogP contribution in [0, 0.1) is 0 Å². The van der Waals surface area contributed by atoms with E-state index in [1.54, 1.807) is 48.5 Å². The van der Waals surface area contributed by atoms with Gasteiger partial charge < -0.3 is 20.1 Å². The van der Waals surface area contributed by atoms with Gasteiger partial charge in [0.25, 0.3) is 5.91 Å². The molecule has 1 saturated heterocycles. The fourth-order valence-electron chi connectivity index (χ4n) is 3.73. The average Bonchev–Trinajstić information content (AvgIpc) is 3.34. The summed E-state index contributed by atoms with van der Waals surface area (Å²) in [5.41, 5.74) is 1.27. The highest BCUT2D eigenvalue weighted by Gasteiger charge is 2.20. The van der Waals surface area contributed by atoms with Crippen molar-refractivity contribution in [3.63, 3.8) is 0 Å². The third kappa shape index (κ3) is 7.19. The number of hydrogen-bond acceptors (Lipinski definition) is 6. The molecule has 2 aromatic rings. The van der Waals surface area contributed by atoms with Crippen molar-refractivity contribution in [2.24, 2.45) is 0 Å². The molecule has 1 atom stereocenters. The van der Waals surface area contributed by atoms with Gasteiger partial charge in [-0.25, -0.2) is 8.42 Å². The molecule has 0 radical (unpaired) electrons. The molecule has 0 aromatic heterocycles. The minimum absolute atomic E-state index is 0.0224. The molecule has 10 heteroatoms. The number of hydrogen-bond donors (Lipinski definition) is 2. The molecule has 1 fully saturated rings. The molecule has 1 aliphatic heterocycles. The van der Waals surface area contributed by atoms with Crippen LogP contribution in [0.25, 0.3) is 0 Å². The Bertz CT molecular complexity index is 1080. The standard InChI is InChI=1S/C24H31N3O6S/c1-32-19-13-11-18(12-14-19)27(34(2,30)31)15-5-10-23(28)26-22-9-4-3-8-21(22)24(29)25-17-20-7-6-16-33-20/h3-4,8-9,11-14,20H,5-7,10,15-17H2,1-2H3,(H,25,29)(H,26,28)/t20-/m0/s1. The molecule has 0 aliphatic carbocycles. The smallest absolute Gasteiger partial charge is 0.253 e. The molecule has 1 aliphatic rings. The van der Waals surface area contributed by atoms with E-state index in [2.05, 4.69) is 10.6 Å². The van der Waals surface area contributed by atoms with Gasteiger partial charge in [-0.3, -0.25) is 13.9 Å². The Morgan fingerprint density at radius 1 is 1.15 bits per heavy atom. The SMILES string of the molecule is COc1ccc(N(CCCC(=O)Nc2ccccc2C(=O)NC[C@@H]2CCCO2)S(C)(=O)=O)cc1. The number of carbonyl (C=O) groups excluding carboxylic acids is 2.